The second-order valence-electron chi connectivity index (χ2n) is 3.98. The van der Waals surface area contributed by atoms with Crippen LogP contribution < -0.4 is 5.73 Å². The van der Waals surface area contributed by atoms with Crippen LogP contribution in [0.3, 0.4) is 0 Å². The minimum atomic E-state index is 0.513. The van der Waals surface area contributed by atoms with Crippen LogP contribution in [0.5, 0.6) is 0 Å². The van der Waals surface area contributed by atoms with Crippen molar-refractivity contribution in [3.8, 4) is 11.1 Å². The lowest BCUT2D eigenvalue weighted by Crippen LogP contribution is -1.92. The van der Waals surface area contributed by atoms with Gasteiger partial charge in [-0.05, 0) is 24.6 Å². The molecule has 3 rings (SSSR count). The third-order valence-electron chi connectivity index (χ3n) is 2.81. The van der Waals surface area contributed by atoms with E-state index in [1.165, 1.54) is 11.2 Å². The zero-order valence-electron chi connectivity index (χ0n) is 9.64. The van der Waals surface area contributed by atoms with Gasteiger partial charge in [0.1, 0.15) is 17.0 Å². The largest absolute Gasteiger partial charge is 0.383 e. The fourth-order valence-corrected chi connectivity index (χ4v) is 3.27. The van der Waals surface area contributed by atoms with Crippen LogP contribution in [0.15, 0.2) is 30.6 Å². The van der Waals surface area contributed by atoms with Gasteiger partial charge in [0.05, 0.1) is 5.39 Å². The van der Waals surface area contributed by atoms with Crippen molar-refractivity contribution >= 4 is 39.0 Å². The van der Waals surface area contributed by atoms with E-state index in [0.717, 1.165) is 21.3 Å². The van der Waals surface area contributed by atoms with Crippen LogP contribution in [-0.2, 0) is 0 Å². The standard InChI is InChI=1S/C13H10ClN3S/c1-7-10(8-3-2-4-9(14)5-8)11-12(15)16-6-17-13(11)18-7/h2-6H,1H3,(H2,15,16,17). The predicted molar refractivity (Wildman–Crippen MR) is 77.0 cm³/mol. The van der Waals surface area contributed by atoms with Gasteiger partial charge in [0, 0.05) is 15.5 Å². The van der Waals surface area contributed by atoms with Gasteiger partial charge >= 0.3 is 0 Å². The second kappa shape index (κ2) is 4.23. The van der Waals surface area contributed by atoms with Gasteiger partial charge in [-0.1, -0.05) is 23.7 Å². The number of halogens is 1. The van der Waals surface area contributed by atoms with Crippen LogP contribution in [0, 0.1) is 6.92 Å². The number of rotatable bonds is 1. The van der Waals surface area contributed by atoms with Crippen molar-refractivity contribution in [2.75, 3.05) is 5.73 Å². The molecule has 2 N–H and O–H groups in total. The predicted octanol–water partition coefficient (Wildman–Crippen LogP) is 3.90. The number of hydrogen-bond acceptors (Lipinski definition) is 4. The number of fused-ring (bicyclic) bond motifs is 1. The molecular formula is C13H10ClN3S. The van der Waals surface area contributed by atoms with E-state index < -0.39 is 0 Å². The van der Waals surface area contributed by atoms with E-state index in [0.29, 0.717) is 10.8 Å². The summed E-state index contributed by atoms with van der Waals surface area (Å²) in [5.74, 6) is 0.513. The molecule has 0 fully saturated rings. The molecule has 0 spiro atoms. The van der Waals surface area contributed by atoms with Crippen molar-refractivity contribution in [1.82, 2.24) is 9.97 Å². The number of anilines is 1. The van der Waals surface area contributed by atoms with Gasteiger partial charge in [0.25, 0.3) is 0 Å². The molecule has 0 radical (unpaired) electrons. The van der Waals surface area contributed by atoms with Crippen molar-refractivity contribution in [2.24, 2.45) is 0 Å². The fourth-order valence-electron chi connectivity index (χ4n) is 2.06. The van der Waals surface area contributed by atoms with Crippen LogP contribution in [0.25, 0.3) is 21.3 Å². The summed E-state index contributed by atoms with van der Waals surface area (Å²) in [6.45, 7) is 2.06. The zero-order valence-corrected chi connectivity index (χ0v) is 11.2. The molecule has 3 aromatic rings. The van der Waals surface area contributed by atoms with Gasteiger partial charge in [0.2, 0.25) is 0 Å². The number of nitrogen functional groups attached to an aromatic ring is 1. The van der Waals surface area contributed by atoms with Crippen molar-refractivity contribution in [3.63, 3.8) is 0 Å². The third kappa shape index (κ3) is 1.74. The minimum absolute atomic E-state index is 0.513. The maximum Gasteiger partial charge on any atom is 0.136 e. The second-order valence-corrected chi connectivity index (χ2v) is 5.62. The maximum atomic E-state index is 6.05. The van der Waals surface area contributed by atoms with Crippen molar-refractivity contribution in [3.05, 3.63) is 40.5 Å². The molecular weight excluding hydrogens is 266 g/mol. The average molecular weight is 276 g/mol. The highest BCUT2D eigenvalue weighted by molar-refractivity contribution is 7.19. The fraction of sp³-hybridized carbons (Fsp3) is 0.0769. The van der Waals surface area contributed by atoms with Crippen LogP contribution in [0.4, 0.5) is 5.82 Å². The molecule has 0 saturated heterocycles. The van der Waals surface area contributed by atoms with Crippen LogP contribution in [0.2, 0.25) is 5.02 Å². The van der Waals surface area contributed by atoms with E-state index in [-0.39, 0.29) is 0 Å². The number of benzene rings is 1. The number of nitrogens with two attached hydrogens (primary N) is 1. The summed E-state index contributed by atoms with van der Waals surface area (Å²) in [6.07, 6.45) is 1.50. The SMILES string of the molecule is Cc1sc2ncnc(N)c2c1-c1cccc(Cl)c1. The van der Waals surface area contributed by atoms with Gasteiger partial charge in [-0.15, -0.1) is 11.3 Å². The molecule has 5 heteroatoms. The average Bonchev–Trinajstić information content (AvgIpc) is 2.67. The smallest absolute Gasteiger partial charge is 0.136 e. The van der Waals surface area contributed by atoms with E-state index in [2.05, 4.69) is 16.9 Å². The highest BCUT2D eigenvalue weighted by Crippen LogP contribution is 2.39. The Morgan fingerprint density at radius 3 is 2.89 bits per heavy atom. The molecule has 0 saturated carbocycles. The lowest BCUT2D eigenvalue weighted by atomic mass is 10.0. The number of aryl methyl sites for hydroxylation is 1. The number of thiophene rings is 1. The van der Waals surface area contributed by atoms with Crippen LogP contribution in [0.1, 0.15) is 4.88 Å². The maximum absolute atomic E-state index is 6.05. The topological polar surface area (TPSA) is 51.8 Å². The molecule has 1 aromatic carbocycles. The summed E-state index contributed by atoms with van der Waals surface area (Å²) in [5.41, 5.74) is 8.10. The Balaban J connectivity index is 2.38. The van der Waals surface area contributed by atoms with Crippen LogP contribution >= 0.6 is 22.9 Å². The van der Waals surface area contributed by atoms with E-state index in [4.69, 9.17) is 17.3 Å². The van der Waals surface area contributed by atoms with Gasteiger partial charge < -0.3 is 5.73 Å². The Bertz CT molecular complexity index is 736. The molecule has 3 nitrogen and oxygen atoms in total. The number of nitrogens with zero attached hydrogens (tertiary/aromatic N) is 2. The van der Waals surface area contributed by atoms with Crippen molar-refractivity contribution < 1.29 is 0 Å². The monoisotopic (exact) mass is 275 g/mol. The lowest BCUT2D eigenvalue weighted by Gasteiger charge is -2.03. The molecule has 0 bridgehead atoms. The minimum Gasteiger partial charge on any atom is -0.383 e. The Kier molecular flexibility index (Phi) is 2.69. The molecule has 0 atom stereocenters. The quantitative estimate of drug-likeness (QED) is 0.733. The van der Waals surface area contributed by atoms with E-state index in [9.17, 15) is 0 Å². The molecule has 0 aliphatic heterocycles. The summed E-state index contributed by atoms with van der Waals surface area (Å²) in [5, 5.41) is 1.63. The van der Waals surface area contributed by atoms with Crippen molar-refractivity contribution in [1.29, 1.82) is 0 Å². The van der Waals surface area contributed by atoms with Gasteiger partial charge in [-0.2, -0.15) is 0 Å². The third-order valence-corrected chi connectivity index (χ3v) is 4.06. The Hall–Kier alpha value is -1.65. The van der Waals surface area contributed by atoms with E-state index in [1.54, 1.807) is 11.3 Å². The summed E-state index contributed by atoms with van der Waals surface area (Å²) in [4.78, 5) is 10.4. The molecule has 0 aliphatic rings. The molecule has 90 valence electrons. The molecule has 0 amide bonds. The first-order chi connectivity index (χ1) is 8.66. The first-order valence-electron chi connectivity index (χ1n) is 5.42. The molecule has 0 aliphatic carbocycles. The van der Waals surface area contributed by atoms with Crippen molar-refractivity contribution in [2.45, 2.75) is 6.92 Å². The summed E-state index contributed by atoms with van der Waals surface area (Å²) in [7, 11) is 0. The molecule has 18 heavy (non-hydrogen) atoms. The summed E-state index contributed by atoms with van der Waals surface area (Å²) in [6, 6.07) is 7.74. The Morgan fingerprint density at radius 2 is 2.11 bits per heavy atom. The van der Waals surface area contributed by atoms with E-state index >= 15 is 0 Å². The number of hydrogen-bond donors (Lipinski definition) is 1. The molecule has 2 heterocycles. The van der Waals surface area contributed by atoms with Gasteiger partial charge in [-0.25, -0.2) is 9.97 Å². The summed E-state index contributed by atoms with van der Waals surface area (Å²) < 4.78 is 0. The van der Waals surface area contributed by atoms with Gasteiger partial charge in [0.15, 0.2) is 0 Å². The van der Waals surface area contributed by atoms with Crippen LogP contribution in [-0.4, -0.2) is 9.97 Å². The molecule has 2 aromatic heterocycles. The first-order valence-corrected chi connectivity index (χ1v) is 6.62. The Labute approximate surface area is 113 Å². The molecule has 0 unspecified atom stereocenters. The van der Waals surface area contributed by atoms with E-state index in [1.807, 2.05) is 24.3 Å². The highest BCUT2D eigenvalue weighted by Gasteiger charge is 2.15. The summed E-state index contributed by atoms with van der Waals surface area (Å²) >= 11 is 7.67. The zero-order chi connectivity index (χ0) is 12.7. The first kappa shape index (κ1) is 11.4. The highest BCUT2D eigenvalue weighted by atomic mass is 35.5. The Morgan fingerprint density at radius 1 is 1.28 bits per heavy atom. The normalized spacial score (nSPS) is 11.0. The lowest BCUT2D eigenvalue weighted by molar-refractivity contribution is 1.24. The number of aromatic nitrogens is 2. The van der Waals surface area contributed by atoms with Gasteiger partial charge in [-0.3, -0.25) is 0 Å².